The van der Waals surface area contributed by atoms with Crippen LogP contribution in [0.25, 0.3) is 0 Å². The molecule has 2 aromatic carbocycles. The van der Waals surface area contributed by atoms with Crippen LogP contribution in [0.4, 0.5) is 21.9 Å². The normalized spacial score (nSPS) is 14.2. The van der Waals surface area contributed by atoms with E-state index < -0.39 is 6.03 Å². The van der Waals surface area contributed by atoms with Crippen molar-refractivity contribution < 1.29 is 19.1 Å². The Bertz CT molecular complexity index is 951. The maximum Gasteiger partial charge on any atom is 0.323 e. The van der Waals surface area contributed by atoms with Crippen LogP contribution in [0.3, 0.4) is 0 Å². The fourth-order valence-electron chi connectivity index (χ4n) is 3.78. The Morgan fingerprint density at radius 1 is 0.939 bits per heavy atom. The molecular weight excluding hydrogens is 420 g/mol. The van der Waals surface area contributed by atoms with Crippen molar-refractivity contribution in [2.24, 2.45) is 0 Å². The summed E-state index contributed by atoms with van der Waals surface area (Å²) >= 11 is 0. The zero-order valence-corrected chi connectivity index (χ0v) is 19.9. The number of nitrogens with zero attached hydrogens (tertiary/aromatic N) is 1. The van der Waals surface area contributed by atoms with Crippen LogP contribution in [-0.2, 0) is 0 Å². The highest BCUT2D eigenvalue weighted by atomic mass is 16.5. The molecule has 1 atom stereocenters. The minimum atomic E-state index is -0.427. The minimum Gasteiger partial charge on any atom is -0.497 e. The fraction of sp³-hybridized carbons (Fsp3) is 0.440. The third-order valence-corrected chi connectivity index (χ3v) is 5.79. The predicted octanol–water partition coefficient (Wildman–Crippen LogP) is 4.87. The van der Waals surface area contributed by atoms with Crippen molar-refractivity contribution in [3.8, 4) is 11.5 Å². The number of piperidine rings is 1. The van der Waals surface area contributed by atoms with Crippen molar-refractivity contribution in [3.63, 3.8) is 0 Å². The molecule has 0 saturated carbocycles. The molecule has 1 saturated heterocycles. The lowest BCUT2D eigenvalue weighted by Crippen LogP contribution is -2.35. The number of hydrogen-bond acceptors (Lipinski definition) is 5. The average Bonchev–Trinajstić information content (AvgIpc) is 2.83. The quantitative estimate of drug-likeness (QED) is 0.529. The second-order valence-electron chi connectivity index (χ2n) is 8.24. The van der Waals surface area contributed by atoms with Gasteiger partial charge in [0.15, 0.2) is 0 Å². The number of hydrogen-bond donors (Lipinski definition) is 3. The van der Waals surface area contributed by atoms with Crippen LogP contribution < -0.4 is 30.3 Å². The van der Waals surface area contributed by atoms with E-state index in [1.165, 1.54) is 6.42 Å². The summed E-state index contributed by atoms with van der Waals surface area (Å²) in [6, 6.07) is 10.3. The van der Waals surface area contributed by atoms with Crippen molar-refractivity contribution in [1.29, 1.82) is 0 Å². The van der Waals surface area contributed by atoms with Gasteiger partial charge in [-0.3, -0.25) is 4.79 Å². The van der Waals surface area contributed by atoms with Crippen LogP contribution in [0, 0.1) is 0 Å². The van der Waals surface area contributed by atoms with Crippen molar-refractivity contribution >= 4 is 29.0 Å². The summed E-state index contributed by atoms with van der Waals surface area (Å²) in [7, 11) is 3.10. The maximum absolute atomic E-state index is 13.1. The SMILES string of the molecule is CCC(C)NC(=O)c1cc(NC(=O)Nc2cc(OC)cc(OC)c2)ccc1N1CCCCC1. The number of carbonyl (C=O) groups excluding carboxylic acids is 2. The predicted molar refractivity (Wildman–Crippen MR) is 132 cm³/mol. The molecule has 0 radical (unpaired) electrons. The van der Waals surface area contributed by atoms with Gasteiger partial charge >= 0.3 is 6.03 Å². The number of anilines is 3. The van der Waals surface area contributed by atoms with Gasteiger partial charge in [-0.25, -0.2) is 4.79 Å². The molecule has 3 N–H and O–H groups in total. The molecule has 8 nitrogen and oxygen atoms in total. The highest BCUT2D eigenvalue weighted by Gasteiger charge is 2.20. The number of nitrogens with one attached hydrogen (secondary N) is 3. The molecule has 8 heteroatoms. The largest absolute Gasteiger partial charge is 0.497 e. The smallest absolute Gasteiger partial charge is 0.323 e. The molecule has 2 aromatic rings. The van der Waals surface area contributed by atoms with Gasteiger partial charge in [0.1, 0.15) is 11.5 Å². The molecule has 1 heterocycles. The molecule has 0 bridgehead atoms. The van der Waals surface area contributed by atoms with E-state index in [9.17, 15) is 9.59 Å². The second kappa shape index (κ2) is 11.4. The van der Waals surface area contributed by atoms with Crippen LogP contribution in [0.1, 0.15) is 49.9 Å². The molecule has 1 fully saturated rings. The Kier molecular flexibility index (Phi) is 8.40. The van der Waals surface area contributed by atoms with Crippen LogP contribution >= 0.6 is 0 Å². The first kappa shape index (κ1) is 24.2. The Morgan fingerprint density at radius 3 is 2.18 bits per heavy atom. The van der Waals surface area contributed by atoms with E-state index in [0.29, 0.717) is 28.4 Å². The summed E-state index contributed by atoms with van der Waals surface area (Å²) in [6.07, 6.45) is 4.27. The van der Waals surface area contributed by atoms with E-state index in [1.807, 2.05) is 26.0 Å². The summed E-state index contributed by atoms with van der Waals surface area (Å²) in [5.74, 6) is 1.01. The number of amides is 3. The molecular formula is C25H34N4O4. The summed E-state index contributed by atoms with van der Waals surface area (Å²) in [5.41, 5.74) is 2.54. The summed E-state index contributed by atoms with van der Waals surface area (Å²) in [6.45, 7) is 5.87. The first-order valence-electron chi connectivity index (χ1n) is 11.4. The summed E-state index contributed by atoms with van der Waals surface area (Å²) in [5, 5.41) is 8.66. The van der Waals surface area contributed by atoms with Gasteiger partial charge in [0.2, 0.25) is 0 Å². The molecule has 33 heavy (non-hydrogen) atoms. The van der Waals surface area contributed by atoms with Gasteiger partial charge in [0, 0.05) is 54.4 Å². The molecule has 3 amide bonds. The third-order valence-electron chi connectivity index (χ3n) is 5.79. The molecule has 0 aliphatic carbocycles. The van der Waals surface area contributed by atoms with Gasteiger partial charge in [-0.1, -0.05) is 6.92 Å². The van der Waals surface area contributed by atoms with Gasteiger partial charge in [0.25, 0.3) is 5.91 Å². The Hall–Kier alpha value is -3.42. The number of rotatable bonds is 8. The van der Waals surface area contributed by atoms with Crippen molar-refractivity contribution in [2.75, 3.05) is 42.8 Å². The van der Waals surface area contributed by atoms with Gasteiger partial charge in [-0.05, 0) is 50.8 Å². The van der Waals surface area contributed by atoms with Crippen LogP contribution in [0.15, 0.2) is 36.4 Å². The van der Waals surface area contributed by atoms with E-state index in [-0.39, 0.29) is 11.9 Å². The van der Waals surface area contributed by atoms with Gasteiger partial charge in [-0.2, -0.15) is 0 Å². The average molecular weight is 455 g/mol. The fourth-order valence-corrected chi connectivity index (χ4v) is 3.78. The highest BCUT2D eigenvalue weighted by molar-refractivity contribution is 6.04. The molecule has 0 spiro atoms. The summed E-state index contributed by atoms with van der Waals surface area (Å²) in [4.78, 5) is 28.0. The van der Waals surface area contributed by atoms with E-state index in [2.05, 4.69) is 20.9 Å². The van der Waals surface area contributed by atoms with Gasteiger partial charge in [0.05, 0.1) is 19.8 Å². The van der Waals surface area contributed by atoms with Crippen LogP contribution in [0.5, 0.6) is 11.5 Å². The van der Waals surface area contributed by atoms with E-state index >= 15 is 0 Å². The zero-order valence-electron chi connectivity index (χ0n) is 19.9. The second-order valence-corrected chi connectivity index (χ2v) is 8.24. The first-order chi connectivity index (χ1) is 15.9. The van der Waals surface area contributed by atoms with Crippen molar-refractivity contribution in [3.05, 3.63) is 42.0 Å². The Morgan fingerprint density at radius 2 is 1.58 bits per heavy atom. The third kappa shape index (κ3) is 6.54. The monoisotopic (exact) mass is 454 g/mol. The Labute approximate surface area is 195 Å². The van der Waals surface area contributed by atoms with Gasteiger partial charge in [-0.15, -0.1) is 0 Å². The molecule has 1 unspecified atom stereocenters. The maximum atomic E-state index is 13.1. The van der Waals surface area contributed by atoms with Crippen molar-refractivity contribution in [2.45, 2.75) is 45.6 Å². The van der Waals surface area contributed by atoms with Crippen LogP contribution in [0.2, 0.25) is 0 Å². The topological polar surface area (TPSA) is 91.9 Å². The number of ether oxygens (including phenoxy) is 2. The molecule has 1 aliphatic rings. The lowest BCUT2D eigenvalue weighted by molar-refractivity contribution is 0.0939. The summed E-state index contributed by atoms with van der Waals surface area (Å²) < 4.78 is 10.5. The zero-order chi connectivity index (χ0) is 23.8. The molecule has 1 aliphatic heterocycles. The Balaban J connectivity index is 1.80. The van der Waals surface area contributed by atoms with Crippen LogP contribution in [-0.4, -0.2) is 45.3 Å². The number of carbonyl (C=O) groups is 2. The molecule has 0 aromatic heterocycles. The highest BCUT2D eigenvalue weighted by Crippen LogP contribution is 2.28. The van der Waals surface area contributed by atoms with E-state index in [1.54, 1.807) is 38.5 Å². The van der Waals surface area contributed by atoms with E-state index in [4.69, 9.17) is 9.47 Å². The lowest BCUT2D eigenvalue weighted by Gasteiger charge is -2.31. The first-order valence-corrected chi connectivity index (χ1v) is 11.4. The number of urea groups is 1. The molecule has 178 valence electrons. The standard InChI is InChI=1S/C25H34N4O4/c1-5-17(2)26-24(30)22-15-18(9-10-23(22)29-11-7-6-8-12-29)27-25(31)28-19-13-20(32-3)16-21(14-19)33-4/h9-10,13-17H,5-8,11-12H2,1-4H3,(H,26,30)(H2,27,28,31). The number of methoxy groups -OCH3 is 2. The molecule has 3 rings (SSSR count). The minimum absolute atomic E-state index is 0.0645. The van der Waals surface area contributed by atoms with Crippen molar-refractivity contribution in [1.82, 2.24) is 5.32 Å². The van der Waals surface area contributed by atoms with E-state index in [0.717, 1.165) is 38.0 Å². The lowest BCUT2D eigenvalue weighted by atomic mass is 10.1. The number of benzene rings is 2. The van der Waals surface area contributed by atoms with Gasteiger partial charge < -0.3 is 30.3 Å².